The van der Waals surface area contributed by atoms with Gasteiger partial charge in [0.2, 0.25) is 5.95 Å². The van der Waals surface area contributed by atoms with E-state index in [0.29, 0.717) is 17.9 Å². The molecule has 4 nitrogen and oxygen atoms in total. The van der Waals surface area contributed by atoms with Crippen LogP contribution < -0.4 is 11.1 Å². The van der Waals surface area contributed by atoms with Crippen LogP contribution in [0.25, 0.3) is 10.9 Å². The summed E-state index contributed by atoms with van der Waals surface area (Å²) in [5, 5.41) is 4.46. The first-order valence-corrected chi connectivity index (χ1v) is 6.40. The number of para-hydroxylation sites is 1. The Morgan fingerprint density at radius 3 is 2.67 bits per heavy atom. The lowest BCUT2D eigenvalue weighted by Gasteiger charge is -2.21. The Morgan fingerprint density at radius 1 is 1.22 bits per heavy atom. The third-order valence-corrected chi connectivity index (χ3v) is 3.48. The Morgan fingerprint density at radius 2 is 1.94 bits per heavy atom. The van der Waals surface area contributed by atoms with Crippen LogP contribution in [0.15, 0.2) is 24.3 Å². The van der Waals surface area contributed by atoms with Crippen LogP contribution in [0.5, 0.6) is 0 Å². The van der Waals surface area contributed by atoms with Gasteiger partial charge in [0, 0.05) is 11.4 Å². The molecule has 2 atom stereocenters. The van der Waals surface area contributed by atoms with Crippen molar-refractivity contribution in [2.75, 3.05) is 11.1 Å². The lowest BCUT2D eigenvalue weighted by molar-refractivity contribution is 0.494. The summed E-state index contributed by atoms with van der Waals surface area (Å²) in [6, 6.07) is 8.26. The zero-order valence-electron chi connectivity index (χ0n) is 11.1. The molecule has 1 aromatic heterocycles. The Balaban J connectivity index is 2.38. The number of fused-ring (bicyclic) bond motifs is 1. The fourth-order valence-corrected chi connectivity index (χ4v) is 1.92. The molecule has 0 amide bonds. The summed E-state index contributed by atoms with van der Waals surface area (Å²) in [6.07, 6.45) is 1.13. The summed E-state index contributed by atoms with van der Waals surface area (Å²) in [4.78, 5) is 8.55. The third-order valence-electron chi connectivity index (χ3n) is 3.48. The van der Waals surface area contributed by atoms with Crippen LogP contribution in [0, 0.1) is 5.92 Å². The molecule has 0 saturated heterocycles. The van der Waals surface area contributed by atoms with Gasteiger partial charge in [-0.3, -0.25) is 0 Å². The number of hydrogen-bond acceptors (Lipinski definition) is 4. The van der Waals surface area contributed by atoms with Crippen molar-refractivity contribution in [1.82, 2.24) is 9.97 Å². The highest BCUT2D eigenvalue weighted by Gasteiger charge is 2.13. The molecule has 0 bridgehead atoms. The third kappa shape index (κ3) is 2.53. The second-order valence-corrected chi connectivity index (χ2v) is 4.77. The number of nitrogens with zero attached hydrogens (tertiary/aromatic N) is 2. The summed E-state index contributed by atoms with van der Waals surface area (Å²) in [5.41, 5.74) is 6.63. The van der Waals surface area contributed by atoms with E-state index in [1.54, 1.807) is 0 Å². The number of benzene rings is 1. The molecule has 3 N–H and O–H groups in total. The highest BCUT2D eigenvalue weighted by atomic mass is 15.1. The molecule has 2 aromatic rings. The van der Waals surface area contributed by atoms with Gasteiger partial charge < -0.3 is 11.1 Å². The van der Waals surface area contributed by atoms with Crippen molar-refractivity contribution in [3.05, 3.63) is 24.3 Å². The fraction of sp³-hybridized carbons (Fsp3) is 0.429. The van der Waals surface area contributed by atoms with Crippen molar-refractivity contribution in [2.24, 2.45) is 5.92 Å². The van der Waals surface area contributed by atoms with Crippen LogP contribution in [0.3, 0.4) is 0 Å². The van der Waals surface area contributed by atoms with E-state index in [-0.39, 0.29) is 0 Å². The number of nitrogens with two attached hydrogens (primary N) is 1. The van der Waals surface area contributed by atoms with Crippen molar-refractivity contribution in [3.8, 4) is 0 Å². The normalized spacial score (nSPS) is 14.4. The van der Waals surface area contributed by atoms with Crippen molar-refractivity contribution < 1.29 is 0 Å². The number of aromatic nitrogens is 2. The SMILES string of the molecule is CCC(C)C(C)Nc1nc(N)nc2ccccc12. The average Bonchev–Trinajstić information content (AvgIpc) is 2.37. The molecule has 0 aliphatic carbocycles. The van der Waals surface area contributed by atoms with E-state index in [1.165, 1.54) is 0 Å². The summed E-state index contributed by atoms with van der Waals surface area (Å²) in [6.45, 7) is 6.58. The van der Waals surface area contributed by atoms with Crippen LogP contribution in [-0.4, -0.2) is 16.0 Å². The molecule has 4 heteroatoms. The lowest BCUT2D eigenvalue weighted by Crippen LogP contribution is -2.24. The maximum Gasteiger partial charge on any atom is 0.222 e. The molecule has 0 aliphatic heterocycles. The van der Waals surface area contributed by atoms with E-state index >= 15 is 0 Å². The van der Waals surface area contributed by atoms with Gasteiger partial charge in [0.05, 0.1) is 5.52 Å². The van der Waals surface area contributed by atoms with Gasteiger partial charge in [-0.2, -0.15) is 4.98 Å². The van der Waals surface area contributed by atoms with Crippen molar-refractivity contribution in [3.63, 3.8) is 0 Å². The predicted octanol–water partition coefficient (Wildman–Crippen LogP) is 3.06. The second-order valence-electron chi connectivity index (χ2n) is 4.77. The van der Waals surface area contributed by atoms with Gasteiger partial charge >= 0.3 is 0 Å². The average molecular weight is 244 g/mol. The van der Waals surface area contributed by atoms with Crippen molar-refractivity contribution >= 4 is 22.7 Å². The van der Waals surface area contributed by atoms with Crippen LogP contribution in [-0.2, 0) is 0 Å². The van der Waals surface area contributed by atoms with Gasteiger partial charge in [0.15, 0.2) is 0 Å². The lowest BCUT2D eigenvalue weighted by atomic mass is 10.0. The van der Waals surface area contributed by atoms with E-state index in [4.69, 9.17) is 5.73 Å². The minimum atomic E-state index is 0.313. The predicted molar refractivity (Wildman–Crippen MR) is 76.5 cm³/mol. The molecule has 2 rings (SSSR count). The van der Waals surface area contributed by atoms with E-state index in [1.807, 2.05) is 24.3 Å². The first kappa shape index (κ1) is 12.6. The molecule has 96 valence electrons. The number of rotatable bonds is 4. The molecular formula is C14H20N4. The standard InChI is InChI=1S/C14H20N4/c1-4-9(2)10(3)16-13-11-7-5-6-8-12(11)17-14(15)18-13/h5-10H,4H2,1-3H3,(H3,15,16,17,18). The quantitative estimate of drug-likeness (QED) is 0.867. The number of nitrogen functional groups attached to an aromatic ring is 1. The zero-order valence-corrected chi connectivity index (χ0v) is 11.1. The maximum absolute atomic E-state index is 5.75. The summed E-state index contributed by atoms with van der Waals surface area (Å²) < 4.78 is 0. The molecule has 1 heterocycles. The van der Waals surface area contributed by atoms with Crippen molar-refractivity contribution in [2.45, 2.75) is 33.2 Å². The van der Waals surface area contributed by atoms with Gasteiger partial charge in [-0.1, -0.05) is 32.4 Å². The first-order chi connectivity index (χ1) is 8.61. The second kappa shape index (κ2) is 5.21. The first-order valence-electron chi connectivity index (χ1n) is 6.40. The van der Waals surface area contributed by atoms with E-state index < -0.39 is 0 Å². The smallest absolute Gasteiger partial charge is 0.222 e. The molecular weight excluding hydrogens is 224 g/mol. The molecule has 18 heavy (non-hydrogen) atoms. The molecule has 0 saturated carbocycles. The number of nitrogens with one attached hydrogen (secondary N) is 1. The van der Waals surface area contributed by atoms with E-state index in [9.17, 15) is 0 Å². The summed E-state index contributed by atoms with van der Waals surface area (Å²) >= 11 is 0. The largest absolute Gasteiger partial charge is 0.368 e. The van der Waals surface area contributed by atoms with E-state index in [0.717, 1.165) is 23.1 Å². The fourth-order valence-electron chi connectivity index (χ4n) is 1.92. The minimum Gasteiger partial charge on any atom is -0.368 e. The van der Waals surface area contributed by atoms with Gasteiger partial charge in [-0.05, 0) is 25.0 Å². The van der Waals surface area contributed by atoms with E-state index in [2.05, 4.69) is 36.1 Å². The topological polar surface area (TPSA) is 63.8 Å². The number of anilines is 2. The molecule has 2 unspecified atom stereocenters. The van der Waals surface area contributed by atoms with Gasteiger partial charge in [0.25, 0.3) is 0 Å². The van der Waals surface area contributed by atoms with Gasteiger partial charge in [-0.25, -0.2) is 4.98 Å². The van der Waals surface area contributed by atoms with Crippen LogP contribution >= 0.6 is 0 Å². The monoisotopic (exact) mass is 244 g/mol. The Hall–Kier alpha value is -1.84. The summed E-state index contributed by atoms with van der Waals surface area (Å²) in [7, 11) is 0. The van der Waals surface area contributed by atoms with Crippen LogP contribution in [0.4, 0.5) is 11.8 Å². The van der Waals surface area contributed by atoms with Crippen LogP contribution in [0.1, 0.15) is 27.2 Å². The Bertz CT molecular complexity index is 538. The number of hydrogen-bond donors (Lipinski definition) is 2. The molecule has 0 spiro atoms. The van der Waals surface area contributed by atoms with Gasteiger partial charge in [0.1, 0.15) is 5.82 Å². The maximum atomic E-state index is 5.75. The van der Waals surface area contributed by atoms with Gasteiger partial charge in [-0.15, -0.1) is 0 Å². The van der Waals surface area contributed by atoms with Crippen molar-refractivity contribution in [1.29, 1.82) is 0 Å². The highest BCUT2D eigenvalue weighted by molar-refractivity contribution is 5.89. The molecule has 0 radical (unpaired) electrons. The zero-order chi connectivity index (χ0) is 13.1. The Labute approximate surface area is 108 Å². The Kier molecular flexibility index (Phi) is 3.65. The minimum absolute atomic E-state index is 0.313. The van der Waals surface area contributed by atoms with Crippen LogP contribution in [0.2, 0.25) is 0 Å². The molecule has 1 aromatic carbocycles. The molecule has 0 fully saturated rings. The highest BCUT2D eigenvalue weighted by Crippen LogP contribution is 2.23. The summed E-state index contributed by atoms with van der Waals surface area (Å²) in [5.74, 6) is 1.72. The molecule has 0 aliphatic rings.